The zero-order chi connectivity index (χ0) is 11.3. The van der Waals surface area contributed by atoms with Crippen LogP contribution in [-0.4, -0.2) is 19.1 Å². The average Bonchev–Trinajstić information content (AvgIpc) is 2.17. The molecule has 0 bridgehead atoms. The lowest BCUT2D eigenvalue weighted by atomic mass is 10.1. The second-order valence-corrected chi connectivity index (χ2v) is 3.37. The minimum absolute atomic E-state index is 0. The summed E-state index contributed by atoms with van der Waals surface area (Å²) in [6.07, 6.45) is 0. The number of halogens is 1. The van der Waals surface area contributed by atoms with Crippen LogP contribution in [0, 0.1) is 19.3 Å². The topological polar surface area (TPSA) is 42.3 Å². The molecule has 0 atom stereocenters. The van der Waals surface area contributed by atoms with Crippen molar-refractivity contribution in [2.24, 2.45) is 0 Å². The van der Waals surface area contributed by atoms with E-state index in [0.717, 1.165) is 16.9 Å². The number of hydrogen-bond acceptors (Lipinski definition) is 3. The number of ether oxygens (including phenoxy) is 2. The lowest BCUT2D eigenvalue weighted by molar-refractivity contribution is 0.271. The van der Waals surface area contributed by atoms with Crippen molar-refractivity contribution in [3.05, 3.63) is 29.3 Å². The fourth-order valence-electron chi connectivity index (χ4n) is 1.38. The van der Waals surface area contributed by atoms with E-state index in [1.807, 2.05) is 39.0 Å². The Morgan fingerprint density at radius 2 is 1.81 bits per heavy atom. The predicted octanol–water partition coefficient (Wildman–Crippen LogP) is 3.12. The third kappa shape index (κ3) is 4.11. The van der Waals surface area contributed by atoms with Crippen molar-refractivity contribution in [3.8, 4) is 5.75 Å². The first-order chi connectivity index (χ1) is 7.15. The van der Waals surface area contributed by atoms with Crippen LogP contribution in [0.5, 0.6) is 5.75 Å². The maximum atomic E-state index is 7.43. The zero-order valence-electron chi connectivity index (χ0n) is 9.87. The molecule has 0 saturated carbocycles. The second-order valence-electron chi connectivity index (χ2n) is 3.37. The van der Waals surface area contributed by atoms with Crippen molar-refractivity contribution in [2.75, 3.05) is 13.2 Å². The van der Waals surface area contributed by atoms with Gasteiger partial charge in [-0.3, -0.25) is 5.41 Å². The largest absolute Gasteiger partial charge is 0.483 e. The Morgan fingerprint density at radius 3 is 2.31 bits per heavy atom. The van der Waals surface area contributed by atoms with Crippen molar-refractivity contribution in [2.45, 2.75) is 20.8 Å². The lowest BCUT2D eigenvalue weighted by Gasteiger charge is -2.12. The average molecular weight is 244 g/mol. The molecule has 0 amide bonds. The first kappa shape index (κ1) is 14.8. The molecule has 1 aromatic rings. The maximum Gasteiger partial charge on any atom is 0.219 e. The fraction of sp³-hybridized carbons (Fsp3) is 0.417. The van der Waals surface area contributed by atoms with Gasteiger partial charge in [0.25, 0.3) is 0 Å². The molecular formula is C12H18ClNO2. The zero-order valence-corrected chi connectivity index (χ0v) is 10.7. The van der Waals surface area contributed by atoms with E-state index in [1.165, 1.54) is 0 Å². The van der Waals surface area contributed by atoms with Gasteiger partial charge in [-0.15, -0.1) is 12.4 Å². The van der Waals surface area contributed by atoms with Crippen LogP contribution in [0.25, 0.3) is 0 Å². The molecule has 1 aromatic carbocycles. The number of aryl methyl sites for hydroxylation is 2. The highest BCUT2D eigenvalue weighted by Gasteiger charge is 2.04. The molecule has 90 valence electrons. The Hall–Kier alpha value is -1.22. The summed E-state index contributed by atoms with van der Waals surface area (Å²) in [4.78, 5) is 0. The lowest BCUT2D eigenvalue weighted by Crippen LogP contribution is -2.14. The highest BCUT2D eigenvalue weighted by Crippen LogP contribution is 2.22. The van der Waals surface area contributed by atoms with Gasteiger partial charge < -0.3 is 9.47 Å². The summed E-state index contributed by atoms with van der Waals surface area (Å²) in [5.74, 6) is 1.02. The SMILES string of the molecule is CCOC(=N)COc1c(C)cccc1C.Cl. The molecule has 1 N–H and O–H groups in total. The summed E-state index contributed by atoms with van der Waals surface area (Å²) in [6, 6.07) is 5.98. The summed E-state index contributed by atoms with van der Waals surface area (Å²) in [6.45, 7) is 6.54. The van der Waals surface area contributed by atoms with Gasteiger partial charge in [-0.1, -0.05) is 18.2 Å². The number of rotatable bonds is 4. The van der Waals surface area contributed by atoms with Crippen molar-refractivity contribution in [1.29, 1.82) is 5.41 Å². The van der Waals surface area contributed by atoms with Crippen LogP contribution >= 0.6 is 12.4 Å². The second kappa shape index (κ2) is 7.12. The van der Waals surface area contributed by atoms with Crippen LogP contribution in [-0.2, 0) is 4.74 Å². The molecule has 16 heavy (non-hydrogen) atoms. The summed E-state index contributed by atoms with van der Waals surface area (Å²) < 4.78 is 10.5. The minimum Gasteiger partial charge on any atom is -0.483 e. The molecule has 4 heteroatoms. The van der Waals surface area contributed by atoms with Crippen LogP contribution in [0.4, 0.5) is 0 Å². The first-order valence-electron chi connectivity index (χ1n) is 5.04. The molecule has 0 aliphatic rings. The van der Waals surface area contributed by atoms with E-state index in [2.05, 4.69) is 0 Å². The van der Waals surface area contributed by atoms with Crippen LogP contribution in [0.3, 0.4) is 0 Å². The fourth-order valence-corrected chi connectivity index (χ4v) is 1.38. The number of benzene rings is 1. The predicted molar refractivity (Wildman–Crippen MR) is 68.0 cm³/mol. The molecule has 0 unspecified atom stereocenters. The third-order valence-electron chi connectivity index (χ3n) is 2.07. The van der Waals surface area contributed by atoms with E-state index >= 15 is 0 Å². The monoisotopic (exact) mass is 243 g/mol. The highest BCUT2D eigenvalue weighted by molar-refractivity contribution is 5.85. The van der Waals surface area contributed by atoms with Gasteiger partial charge in [0.05, 0.1) is 6.61 Å². The van der Waals surface area contributed by atoms with E-state index in [4.69, 9.17) is 14.9 Å². The Bertz CT molecular complexity index is 333. The summed E-state index contributed by atoms with van der Waals surface area (Å²) >= 11 is 0. The van der Waals surface area contributed by atoms with E-state index in [-0.39, 0.29) is 24.9 Å². The van der Waals surface area contributed by atoms with Gasteiger partial charge in [-0.25, -0.2) is 0 Å². The molecule has 0 aliphatic heterocycles. The molecule has 3 nitrogen and oxygen atoms in total. The molecule has 0 spiro atoms. The van der Waals surface area contributed by atoms with Gasteiger partial charge >= 0.3 is 0 Å². The molecule has 0 heterocycles. The normalized spacial score (nSPS) is 9.19. The van der Waals surface area contributed by atoms with Crippen LogP contribution in [0.1, 0.15) is 18.1 Å². The van der Waals surface area contributed by atoms with Crippen molar-refractivity contribution in [3.63, 3.8) is 0 Å². The molecule has 0 fully saturated rings. The molecule has 0 aromatic heterocycles. The van der Waals surface area contributed by atoms with Crippen molar-refractivity contribution < 1.29 is 9.47 Å². The molecule has 0 saturated heterocycles. The molecule has 0 aliphatic carbocycles. The van der Waals surface area contributed by atoms with Crippen molar-refractivity contribution in [1.82, 2.24) is 0 Å². The van der Waals surface area contributed by atoms with E-state index in [9.17, 15) is 0 Å². The Morgan fingerprint density at radius 1 is 1.25 bits per heavy atom. The number of nitrogens with one attached hydrogen (secondary N) is 1. The smallest absolute Gasteiger partial charge is 0.219 e. The minimum atomic E-state index is 0. The van der Waals surface area contributed by atoms with Crippen LogP contribution < -0.4 is 4.74 Å². The summed E-state index contributed by atoms with van der Waals surface area (Å²) in [7, 11) is 0. The summed E-state index contributed by atoms with van der Waals surface area (Å²) in [5.41, 5.74) is 2.17. The van der Waals surface area contributed by atoms with Gasteiger partial charge in [0.15, 0.2) is 6.61 Å². The highest BCUT2D eigenvalue weighted by atomic mass is 35.5. The standard InChI is InChI=1S/C12H17NO2.ClH/c1-4-14-11(13)8-15-12-9(2)6-5-7-10(12)3;/h5-7,13H,4,8H2,1-3H3;1H. The van der Waals surface area contributed by atoms with Gasteiger partial charge in [-0.05, 0) is 31.9 Å². The first-order valence-corrected chi connectivity index (χ1v) is 5.04. The van der Waals surface area contributed by atoms with E-state index in [1.54, 1.807) is 0 Å². The van der Waals surface area contributed by atoms with Gasteiger partial charge in [0.2, 0.25) is 5.90 Å². The van der Waals surface area contributed by atoms with Gasteiger partial charge in [0, 0.05) is 0 Å². The number of para-hydroxylation sites is 1. The summed E-state index contributed by atoms with van der Waals surface area (Å²) in [5, 5.41) is 7.43. The van der Waals surface area contributed by atoms with E-state index < -0.39 is 0 Å². The van der Waals surface area contributed by atoms with Gasteiger partial charge in [0.1, 0.15) is 5.75 Å². The maximum absolute atomic E-state index is 7.43. The molecule has 0 radical (unpaired) electrons. The van der Waals surface area contributed by atoms with Crippen LogP contribution in [0.2, 0.25) is 0 Å². The molecule has 1 rings (SSSR count). The quantitative estimate of drug-likeness (QED) is 0.652. The number of hydrogen-bond donors (Lipinski definition) is 1. The van der Waals surface area contributed by atoms with E-state index in [0.29, 0.717) is 6.61 Å². The Kier molecular flexibility index (Phi) is 6.58. The third-order valence-corrected chi connectivity index (χ3v) is 2.07. The van der Waals surface area contributed by atoms with Crippen molar-refractivity contribution >= 4 is 18.3 Å². The Balaban J connectivity index is 0.00000225. The van der Waals surface area contributed by atoms with Gasteiger partial charge in [-0.2, -0.15) is 0 Å². The molecular weight excluding hydrogens is 226 g/mol. The van der Waals surface area contributed by atoms with Crippen LogP contribution in [0.15, 0.2) is 18.2 Å². The Labute approximate surface area is 103 Å².